The normalized spacial score (nSPS) is 10.2. The summed E-state index contributed by atoms with van der Waals surface area (Å²) in [6.45, 7) is 0.184. The average Bonchev–Trinajstić information content (AvgIpc) is 3.18. The molecule has 1 heterocycles. The quantitative estimate of drug-likeness (QED) is 0.492. The summed E-state index contributed by atoms with van der Waals surface area (Å²) < 4.78 is 15.4. The van der Waals surface area contributed by atoms with Gasteiger partial charge in [0.25, 0.3) is 5.91 Å². The van der Waals surface area contributed by atoms with Gasteiger partial charge in [0.1, 0.15) is 5.56 Å². The molecule has 0 saturated heterocycles. The number of hydrogen-bond donors (Lipinski definition) is 1. The van der Waals surface area contributed by atoms with Crippen molar-refractivity contribution in [2.24, 2.45) is 0 Å². The monoisotopic (exact) mass is 395 g/mol. The van der Waals surface area contributed by atoms with E-state index in [9.17, 15) is 9.59 Å². The molecular weight excluding hydrogens is 374 g/mol. The smallest absolute Gasteiger partial charge is 0.342 e. The number of ether oxygens (including phenoxy) is 3. The third-order valence-electron chi connectivity index (χ3n) is 3.35. The van der Waals surface area contributed by atoms with Crippen LogP contribution in [0.3, 0.4) is 0 Å². The van der Waals surface area contributed by atoms with Crippen molar-refractivity contribution < 1.29 is 23.8 Å². The molecule has 0 atom stereocenters. The predicted molar refractivity (Wildman–Crippen MR) is 103 cm³/mol. The maximum Gasteiger partial charge on any atom is 0.342 e. The summed E-state index contributed by atoms with van der Waals surface area (Å²) in [5.41, 5.74) is 0.214. The van der Waals surface area contributed by atoms with Gasteiger partial charge in [-0.15, -0.1) is 11.3 Å². The van der Waals surface area contributed by atoms with Crippen molar-refractivity contribution in [1.82, 2.24) is 5.32 Å². The maximum absolute atomic E-state index is 12.2. The van der Waals surface area contributed by atoms with E-state index in [2.05, 4.69) is 11.4 Å². The van der Waals surface area contributed by atoms with Gasteiger partial charge in [0.15, 0.2) is 18.1 Å². The number of amides is 1. The van der Waals surface area contributed by atoms with Crippen LogP contribution in [0, 0.1) is 0 Å². The third-order valence-corrected chi connectivity index (χ3v) is 5.42. The Hall–Kier alpha value is -2.19. The number of para-hydroxylation sites is 1. The van der Waals surface area contributed by atoms with Crippen molar-refractivity contribution in [3.63, 3.8) is 0 Å². The first-order valence-electron chi connectivity index (χ1n) is 7.90. The molecule has 2 rings (SSSR count). The fourth-order valence-electron chi connectivity index (χ4n) is 2.14. The molecule has 1 amide bonds. The number of thioether (sulfide) groups is 1. The molecule has 0 aliphatic heterocycles. The Morgan fingerprint density at radius 1 is 1.15 bits per heavy atom. The highest BCUT2D eigenvalue weighted by molar-refractivity contribution is 7.98. The lowest BCUT2D eigenvalue weighted by Gasteiger charge is -2.12. The fourth-order valence-corrected chi connectivity index (χ4v) is 3.84. The Morgan fingerprint density at radius 3 is 2.69 bits per heavy atom. The van der Waals surface area contributed by atoms with Crippen molar-refractivity contribution in [1.29, 1.82) is 0 Å². The molecule has 8 heteroatoms. The maximum atomic E-state index is 12.2. The van der Waals surface area contributed by atoms with Gasteiger partial charge in [0.2, 0.25) is 0 Å². The van der Waals surface area contributed by atoms with E-state index < -0.39 is 5.97 Å². The van der Waals surface area contributed by atoms with Crippen molar-refractivity contribution in [3.8, 4) is 11.5 Å². The minimum absolute atomic E-state index is 0.214. The molecule has 0 aliphatic rings. The summed E-state index contributed by atoms with van der Waals surface area (Å²) in [4.78, 5) is 25.3. The Bertz CT molecular complexity index is 718. The molecule has 0 spiro atoms. The van der Waals surface area contributed by atoms with Crippen molar-refractivity contribution >= 4 is 35.0 Å². The van der Waals surface area contributed by atoms with Crippen LogP contribution < -0.4 is 14.8 Å². The SMILES string of the molecule is COc1cccc(C(=O)OCC(=O)NCCSCc2cccs2)c1OC. The molecule has 0 bridgehead atoms. The summed E-state index contributed by atoms with van der Waals surface area (Å²) in [6.07, 6.45) is 0. The summed E-state index contributed by atoms with van der Waals surface area (Å²) in [7, 11) is 2.92. The van der Waals surface area contributed by atoms with E-state index in [1.165, 1.54) is 19.1 Å². The predicted octanol–water partition coefficient (Wildman–Crippen LogP) is 2.97. The molecule has 0 saturated carbocycles. The standard InChI is InChI=1S/C18H21NO5S2/c1-22-15-7-3-6-14(17(15)23-2)18(21)24-11-16(20)19-8-10-25-12-13-5-4-9-26-13/h3-7,9H,8,10-12H2,1-2H3,(H,19,20). The third kappa shape index (κ3) is 5.96. The highest BCUT2D eigenvalue weighted by Gasteiger charge is 2.18. The molecule has 0 fully saturated rings. The first-order valence-corrected chi connectivity index (χ1v) is 9.94. The highest BCUT2D eigenvalue weighted by atomic mass is 32.2. The Morgan fingerprint density at radius 2 is 2.00 bits per heavy atom. The van der Waals surface area contributed by atoms with E-state index in [0.717, 1.165) is 11.5 Å². The van der Waals surface area contributed by atoms with Crippen LogP contribution in [-0.2, 0) is 15.3 Å². The molecule has 6 nitrogen and oxygen atoms in total. The van der Waals surface area contributed by atoms with Gasteiger partial charge in [-0.05, 0) is 23.6 Å². The van der Waals surface area contributed by atoms with E-state index >= 15 is 0 Å². The second-order valence-electron chi connectivity index (χ2n) is 5.10. The van der Waals surface area contributed by atoms with Crippen molar-refractivity contribution in [2.75, 3.05) is 33.1 Å². The second-order valence-corrected chi connectivity index (χ2v) is 7.24. The lowest BCUT2D eigenvalue weighted by atomic mass is 10.2. The van der Waals surface area contributed by atoms with Gasteiger partial charge in [-0.3, -0.25) is 4.79 Å². The Kier molecular flexibility index (Phi) is 8.30. The zero-order chi connectivity index (χ0) is 18.8. The van der Waals surface area contributed by atoms with Crippen LogP contribution in [0.15, 0.2) is 35.7 Å². The van der Waals surface area contributed by atoms with Crippen LogP contribution in [0.5, 0.6) is 11.5 Å². The summed E-state index contributed by atoms with van der Waals surface area (Å²) in [5, 5.41) is 4.78. The first-order chi connectivity index (χ1) is 12.7. The van der Waals surface area contributed by atoms with E-state index in [0.29, 0.717) is 12.3 Å². The molecular formula is C18H21NO5S2. The average molecular weight is 396 g/mol. The number of nitrogens with one attached hydrogen (secondary N) is 1. The van der Waals surface area contributed by atoms with Gasteiger partial charge in [-0.1, -0.05) is 12.1 Å². The van der Waals surface area contributed by atoms with Gasteiger partial charge in [-0.25, -0.2) is 4.79 Å². The zero-order valence-corrected chi connectivity index (χ0v) is 16.3. The molecule has 0 unspecified atom stereocenters. The van der Waals surface area contributed by atoms with E-state index in [1.54, 1.807) is 41.3 Å². The van der Waals surface area contributed by atoms with Gasteiger partial charge in [0.05, 0.1) is 14.2 Å². The number of esters is 1. The van der Waals surface area contributed by atoms with Gasteiger partial charge < -0.3 is 19.5 Å². The molecule has 140 valence electrons. The van der Waals surface area contributed by atoms with Crippen LogP contribution in [-0.4, -0.2) is 45.0 Å². The molecule has 0 radical (unpaired) electrons. The second kappa shape index (κ2) is 10.7. The number of benzene rings is 1. The minimum Gasteiger partial charge on any atom is -0.493 e. The number of hydrogen-bond acceptors (Lipinski definition) is 7. The van der Waals surface area contributed by atoms with Gasteiger partial charge in [0, 0.05) is 22.9 Å². The lowest BCUT2D eigenvalue weighted by Crippen LogP contribution is -2.30. The van der Waals surface area contributed by atoms with Gasteiger partial charge >= 0.3 is 5.97 Å². The Balaban J connectivity index is 1.71. The fraction of sp³-hybridized carbons (Fsp3) is 0.333. The topological polar surface area (TPSA) is 73.9 Å². The summed E-state index contributed by atoms with van der Waals surface area (Å²) in [5.74, 6) is 1.46. The first kappa shape index (κ1) is 20.1. The van der Waals surface area contributed by atoms with Crippen LogP contribution in [0.4, 0.5) is 0 Å². The molecule has 26 heavy (non-hydrogen) atoms. The molecule has 1 aromatic carbocycles. The molecule has 2 aromatic rings. The largest absolute Gasteiger partial charge is 0.493 e. The van der Waals surface area contributed by atoms with E-state index in [-0.39, 0.29) is 23.8 Å². The number of carbonyl (C=O) groups is 2. The zero-order valence-electron chi connectivity index (χ0n) is 14.7. The number of thiophene rings is 1. The summed E-state index contributed by atoms with van der Waals surface area (Å²) in [6, 6.07) is 9.00. The number of methoxy groups -OCH3 is 2. The van der Waals surface area contributed by atoms with Crippen molar-refractivity contribution in [3.05, 3.63) is 46.2 Å². The molecule has 1 N–H and O–H groups in total. The van der Waals surface area contributed by atoms with E-state index in [4.69, 9.17) is 14.2 Å². The highest BCUT2D eigenvalue weighted by Crippen LogP contribution is 2.31. The van der Waals surface area contributed by atoms with Crippen LogP contribution in [0.25, 0.3) is 0 Å². The molecule has 0 aliphatic carbocycles. The summed E-state index contributed by atoms with van der Waals surface area (Å²) >= 11 is 3.46. The van der Waals surface area contributed by atoms with E-state index in [1.807, 2.05) is 11.4 Å². The number of rotatable bonds is 10. The van der Waals surface area contributed by atoms with Crippen LogP contribution in [0.2, 0.25) is 0 Å². The van der Waals surface area contributed by atoms with Crippen LogP contribution in [0.1, 0.15) is 15.2 Å². The number of carbonyl (C=O) groups excluding carboxylic acids is 2. The Labute approximate surface area is 160 Å². The molecule has 1 aromatic heterocycles. The minimum atomic E-state index is -0.636. The van der Waals surface area contributed by atoms with Gasteiger partial charge in [-0.2, -0.15) is 11.8 Å². The lowest BCUT2D eigenvalue weighted by molar-refractivity contribution is -0.124. The van der Waals surface area contributed by atoms with Crippen LogP contribution >= 0.6 is 23.1 Å². The van der Waals surface area contributed by atoms with Crippen molar-refractivity contribution in [2.45, 2.75) is 5.75 Å².